The summed E-state index contributed by atoms with van der Waals surface area (Å²) < 4.78 is 0.922. The molecule has 5 nitrogen and oxygen atoms in total. The van der Waals surface area contributed by atoms with Crippen molar-refractivity contribution in [1.82, 2.24) is 4.98 Å². The molecular formula is C20H18ClN3O2S2. The van der Waals surface area contributed by atoms with E-state index in [2.05, 4.69) is 15.6 Å². The molecule has 1 heterocycles. The number of carbonyl (C=O) groups is 2. The number of halogens is 1. The molecule has 3 aromatic rings. The van der Waals surface area contributed by atoms with Crippen LogP contribution in [0.4, 0.5) is 11.4 Å². The van der Waals surface area contributed by atoms with Gasteiger partial charge in [0, 0.05) is 34.5 Å². The molecule has 1 aromatic heterocycles. The van der Waals surface area contributed by atoms with Crippen LogP contribution in [0.2, 0.25) is 5.02 Å². The predicted molar refractivity (Wildman–Crippen MR) is 116 cm³/mol. The van der Waals surface area contributed by atoms with E-state index in [1.807, 2.05) is 29.6 Å². The first-order valence-electron chi connectivity index (χ1n) is 8.47. The van der Waals surface area contributed by atoms with Crippen molar-refractivity contribution in [1.29, 1.82) is 0 Å². The monoisotopic (exact) mass is 431 g/mol. The molecule has 0 atom stereocenters. The van der Waals surface area contributed by atoms with Crippen molar-refractivity contribution in [3.05, 3.63) is 70.2 Å². The van der Waals surface area contributed by atoms with Gasteiger partial charge in [-0.2, -0.15) is 0 Å². The number of hydrogen-bond acceptors (Lipinski definition) is 5. The number of nitrogens with one attached hydrogen (secondary N) is 2. The van der Waals surface area contributed by atoms with Crippen LogP contribution in [0, 0.1) is 0 Å². The van der Waals surface area contributed by atoms with Crippen LogP contribution in [-0.4, -0.2) is 16.8 Å². The number of benzene rings is 2. The second kappa shape index (κ2) is 9.73. The van der Waals surface area contributed by atoms with Crippen molar-refractivity contribution in [2.24, 2.45) is 0 Å². The molecule has 0 radical (unpaired) electrons. The zero-order valence-electron chi connectivity index (χ0n) is 15.1. The summed E-state index contributed by atoms with van der Waals surface area (Å²) in [4.78, 5) is 27.9. The van der Waals surface area contributed by atoms with Crippen molar-refractivity contribution in [3.8, 4) is 0 Å². The van der Waals surface area contributed by atoms with Gasteiger partial charge in [0.25, 0.3) is 0 Å². The van der Waals surface area contributed by atoms with Gasteiger partial charge in [-0.3, -0.25) is 9.59 Å². The minimum atomic E-state index is -0.158. The first-order valence-corrected chi connectivity index (χ1v) is 10.7. The number of nitrogens with zero attached hydrogens (tertiary/aromatic N) is 1. The quantitative estimate of drug-likeness (QED) is 0.502. The summed E-state index contributed by atoms with van der Waals surface area (Å²) >= 11 is 9.06. The van der Waals surface area contributed by atoms with Gasteiger partial charge >= 0.3 is 0 Å². The van der Waals surface area contributed by atoms with Crippen LogP contribution in [0.25, 0.3) is 0 Å². The van der Waals surface area contributed by atoms with Crippen LogP contribution in [0.3, 0.4) is 0 Å². The van der Waals surface area contributed by atoms with Crippen LogP contribution in [0.5, 0.6) is 0 Å². The summed E-state index contributed by atoms with van der Waals surface area (Å²) in [5.41, 5.74) is 3.17. The first-order chi connectivity index (χ1) is 13.5. The third-order valence-corrected chi connectivity index (χ3v) is 6.01. The number of hydrogen-bond donors (Lipinski definition) is 2. The van der Waals surface area contributed by atoms with Gasteiger partial charge in [-0.25, -0.2) is 4.98 Å². The maximum atomic E-state index is 12.3. The highest BCUT2D eigenvalue weighted by Gasteiger charge is 2.09. The lowest BCUT2D eigenvalue weighted by Gasteiger charge is -2.07. The van der Waals surface area contributed by atoms with Crippen molar-refractivity contribution < 1.29 is 9.59 Å². The molecule has 2 amide bonds. The molecule has 0 fully saturated rings. The molecule has 144 valence electrons. The van der Waals surface area contributed by atoms with Gasteiger partial charge in [0.2, 0.25) is 11.8 Å². The van der Waals surface area contributed by atoms with Gasteiger partial charge in [-0.1, -0.05) is 41.6 Å². The Bertz CT molecular complexity index is 974. The molecule has 0 aliphatic carbocycles. The number of anilines is 2. The summed E-state index contributed by atoms with van der Waals surface area (Å²) in [5.74, 6) is 0.487. The molecule has 2 N–H and O–H groups in total. The highest BCUT2D eigenvalue weighted by molar-refractivity contribution is 8.00. The Balaban J connectivity index is 1.52. The summed E-state index contributed by atoms with van der Waals surface area (Å²) in [7, 11) is 0. The normalized spacial score (nSPS) is 10.5. The minimum absolute atomic E-state index is 0.153. The van der Waals surface area contributed by atoms with E-state index >= 15 is 0 Å². The number of thioether (sulfide) groups is 1. The fraction of sp³-hybridized carbons (Fsp3) is 0.150. The van der Waals surface area contributed by atoms with E-state index in [1.54, 1.807) is 36.0 Å². The molecule has 0 saturated carbocycles. The number of carbonyl (C=O) groups excluding carboxylic acids is 2. The van der Waals surface area contributed by atoms with E-state index in [-0.39, 0.29) is 18.2 Å². The summed E-state index contributed by atoms with van der Waals surface area (Å²) in [6.07, 6.45) is 0.197. The third-order valence-electron chi connectivity index (χ3n) is 3.61. The van der Waals surface area contributed by atoms with E-state index in [0.29, 0.717) is 11.4 Å². The van der Waals surface area contributed by atoms with Crippen LogP contribution >= 0.6 is 34.7 Å². The molecule has 3 rings (SSSR count). The van der Waals surface area contributed by atoms with E-state index in [1.165, 1.54) is 23.8 Å². The molecule has 8 heteroatoms. The molecule has 0 saturated heterocycles. The minimum Gasteiger partial charge on any atom is -0.326 e. The van der Waals surface area contributed by atoms with E-state index in [4.69, 9.17) is 11.6 Å². The summed E-state index contributed by atoms with van der Waals surface area (Å²) in [6.45, 7) is 1.44. The van der Waals surface area contributed by atoms with E-state index < -0.39 is 0 Å². The van der Waals surface area contributed by atoms with E-state index in [0.717, 1.165) is 20.8 Å². The summed E-state index contributed by atoms with van der Waals surface area (Å²) in [5, 5.41) is 8.14. The molecule has 2 aromatic carbocycles. The molecule has 0 spiro atoms. The topological polar surface area (TPSA) is 71.1 Å². The van der Waals surface area contributed by atoms with Gasteiger partial charge in [0.15, 0.2) is 0 Å². The number of amides is 2. The maximum absolute atomic E-state index is 12.3. The third kappa shape index (κ3) is 6.37. The fourth-order valence-corrected chi connectivity index (χ4v) is 4.34. The Labute approximate surface area is 176 Å². The number of rotatable bonds is 7. The zero-order valence-corrected chi connectivity index (χ0v) is 17.5. The lowest BCUT2D eigenvalue weighted by Crippen LogP contribution is -2.15. The van der Waals surface area contributed by atoms with E-state index in [9.17, 15) is 9.59 Å². The number of thiazole rings is 1. The predicted octanol–water partition coefficient (Wildman–Crippen LogP) is 5.23. The molecule has 0 aliphatic heterocycles. The Kier molecular flexibility index (Phi) is 7.08. The van der Waals surface area contributed by atoms with Crippen LogP contribution in [-0.2, 0) is 21.8 Å². The van der Waals surface area contributed by atoms with Crippen molar-refractivity contribution in [2.75, 3.05) is 10.6 Å². The Morgan fingerprint density at radius 2 is 1.82 bits per heavy atom. The van der Waals surface area contributed by atoms with Crippen molar-refractivity contribution >= 4 is 57.9 Å². The second-order valence-electron chi connectivity index (χ2n) is 6.01. The van der Waals surface area contributed by atoms with Gasteiger partial charge < -0.3 is 10.6 Å². The molecule has 0 bridgehead atoms. The van der Waals surface area contributed by atoms with Gasteiger partial charge in [0.05, 0.1) is 12.1 Å². The Morgan fingerprint density at radius 1 is 1.11 bits per heavy atom. The lowest BCUT2D eigenvalue weighted by atomic mass is 10.2. The molecule has 28 heavy (non-hydrogen) atoms. The highest BCUT2D eigenvalue weighted by atomic mass is 35.5. The molecule has 0 aliphatic rings. The average molecular weight is 432 g/mol. The Morgan fingerprint density at radius 3 is 2.54 bits per heavy atom. The molecule has 0 unspecified atom stereocenters. The van der Waals surface area contributed by atoms with Crippen LogP contribution in [0.15, 0.2) is 58.3 Å². The van der Waals surface area contributed by atoms with Crippen LogP contribution in [0.1, 0.15) is 18.2 Å². The maximum Gasteiger partial charge on any atom is 0.230 e. The standard InChI is InChI=1S/C20H18ClN3O2S2/c1-13(25)22-16-3-2-4-17(9-16)23-19(26)10-18-12-28-20(24-18)27-11-14-5-7-15(21)8-6-14/h2-9,12H,10-11H2,1H3,(H,22,25)(H,23,26). The lowest BCUT2D eigenvalue weighted by molar-refractivity contribution is -0.116. The first kappa shape index (κ1) is 20.4. The zero-order chi connectivity index (χ0) is 19.9. The SMILES string of the molecule is CC(=O)Nc1cccc(NC(=O)Cc2csc(SCc3ccc(Cl)cc3)n2)c1. The summed E-state index contributed by atoms with van der Waals surface area (Å²) in [6, 6.07) is 14.8. The van der Waals surface area contributed by atoms with Gasteiger partial charge in [0.1, 0.15) is 4.34 Å². The highest BCUT2D eigenvalue weighted by Crippen LogP contribution is 2.27. The van der Waals surface area contributed by atoms with Crippen molar-refractivity contribution in [2.45, 2.75) is 23.4 Å². The average Bonchev–Trinajstić information content (AvgIpc) is 3.08. The largest absolute Gasteiger partial charge is 0.326 e. The number of aromatic nitrogens is 1. The van der Waals surface area contributed by atoms with Crippen LogP contribution < -0.4 is 10.6 Å². The van der Waals surface area contributed by atoms with Gasteiger partial charge in [-0.15, -0.1) is 11.3 Å². The van der Waals surface area contributed by atoms with Crippen molar-refractivity contribution in [3.63, 3.8) is 0 Å². The van der Waals surface area contributed by atoms with Gasteiger partial charge in [-0.05, 0) is 35.9 Å². The second-order valence-corrected chi connectivity index (χ2v) is 8.52. The smallest absolute Gasteiger partial charge is 0.230 e. The Hall–Kier alpha value is -2.35. The molecular weight excluding hydrogens is 414 g/mol. The fourth-order valence-electron chi connectivity index (χ4n) is 2.41.